The highest BCUT2D eigenvalue weighted by Gasteiger charge is 2.05. The normalized spacial score (nSPS) is 10.5. The molecule has 2 N–H and O–H groups in total. The van der Waals surface area contributed by atoms with Crippen LogP contribution >= 0.6 is 0 Å². The molecule has 3 aromatic rings. The first-order valence-electron chi connectivity index (χ1n) is 7.84. The summed E-state index contributed by atoms with van der Waals surface area (Å²) in [6.45, 7) is 2.98. The molecule has 2 aromatic heterocycles. The number of hydrogen-bond acceptors (Lipinski definition) is 5. The fourth-order valence-electron chi connectivity index (χ4n) is 2.39. The topological polar surface area (TPSA) is 79.8 Å². The maximum Gasteiger partial charge on any atom is 0.222 e. The summed E-state index contributed by atoms with van der Waals surface area (Å²) < 4.78 is 0. The Kier molecular flexibility index (Phi) is 4.96. The van der Waals surface area contributed by atoms with Gasteiger partial charge in [0.15, 0.2) is 0 Å². The molecule has 6 nitrogen and oxygen atoms in total. The Balaban J connectivity index is 1.53. The summed E-state index contributed by atoms with van der Waals surface area (Å²) in [7, 11) is 0. The standard InChI is InChI=1S/C18H19N5O/c1-13-5-6-16-15(10-13)18(23-12-22-16)20-9-7-17(24)21-11-14-4-2-3-8-19-14/h2-6,8,10,12H,7,9,11H2,1H3,(H,21,24)(H,20,22,23). The van der Waals surface area contributed by atoms with Crippen LogP contribution in [0.5, 0.6) is 0 Å². The Bertz CT molecular complexity index is 835. The van der Waals surface area contributed by atoms with Crippen molar-refractivity contribution in [2.45, 2.75) is 19.9 Å². The molecule has 3 rings (SSSR count). The van der Waals surface area contributed by atoms with Crippen molar-refractivity contribution in [3.63, 3.8) is 0 Å². The molecule has 2 heterocycles. The minimum absolute atomic E-state index is 0.0253. The van der Waals surface area contributed by atoms with Gasteiger partial charge in [-0.2, -0.15) is 0 Å². The minimum Gasteiger partial charge on any atom is -0.369 e. The molecule has 0 spiro atoms. The fourth-order valence-corrected chi connectivity index (χ4v) is 2.39. The van der Waals surface area contributed by atoms with Gasteiger partial charge in [-0.1, -0.05) is 17.7 Å². The summed E-state index contributed by atoms with van der Waals surface area (Å²) in [4.78, 5) is 24.6. The molecule has 0 bridgehead atoms. The zero-order valence-electron chi connectivity index (χ0n) is 13.5. The van der Waals surface area contributed by atoms with Gasteiger partial charge in [0, 0.05) is 24.5 Å². The van der Waals surface area contributed by atoms with Crippen LogP contribution in [-0.2, 0) is 11.3 Å². The van der Waals surface area contributed by atoms with E-state index in [2.05, 4.69) is 25.6 Å². The van der Waals surface area contributed by atoms with E-state index < -0.39 is 0 Å². The van der Waals surface area contributed by atoms with Crippen molar-refractivity contribution >= 4 is 22.6 Å². The second kappa shape index (κ2) is 7.50. The number of aryl methyl sites for hydroxylation is 1. The zero-order chi connectivity index (χ0) is 16.8. The lowest BCUT2D eigenvalue weighted by Gasteiger charge is -2.09. The minimum atomic E-state index is -0.0253. The Labute approximate surface area is 140 Å². The van der Waals surface area contributed by atoms with Crippen LogP contribution in [0.2, 0.25) is 0 Å². The molecule has 0 unspecified atom stereocenters. The molecule has 0 saturated carbocycles. The second-order valence-corrected chi connectivity index (χ2v) is 5.52. The van der Waals surface area contributed by atoms with Gasteiger partial charge in [-0.15, -0.1) is 0 Å². The number of carbonyl (C=O) groups is 1. The quantitative estimate of drug-likeness (QED) is 0.729. The molecule has 0 aliphatic heterocycles. The van der Waals surface area contributed by atoms with Crippen LogP contribution in [0, 0.1) is 6.92 Å². The van der Waals surface area contributed by atoms with Gasteiger partial charge in [0.05, 0.1) is 17.8 Å². The van der Waals surface area contributed by atoms with Gasteiger partial charge in [-0.3, -0.25) is 9.78 Å². The first-order valence-corrected chi connectivity index (χ1v) is 7.84. The Morgan fingerprint density at radius 1 is 1.12 bits per heavy atom. The predicted octanol–water partition coefficient (Wildman–Crippen LogP) is 2.45. The van der Waals surface area contributed by atoms with Crippen LogP contribution in [0.15, 0.2) is 48.9 Å². The molecule has 24 heavy (non-hydrogen) atoms. The number of aromatic nitrogens is 3. The Morgan fingerprint density at radius 3 is 2.88 bits per heavy atom. The van der Waals surface area contributed by atoms with Crippen molar-refractivity contribution in [3.8, 4) is 0 Å². The van der Waals surface area contributed by atoms with E-state index in [1.807, 2.05) is 43.3 Å². The summed E-state index contributed by atoms with van der Waals surface area (Å²) in [6.07, 6.45) is 3.61. The average Bonchev–Trinajstić information content (AvgIpc) is 2.61. The third kappa shape index (κ3) is 4.04. The number of fused-ring (bicyclic) bond motifs is 1. The SMILES string of the molecule is Cc1ccc2ncnc(NCCC(=O)NCc3ccccn3)c2c1. The zero-order valence-corrected chi connectivity index (χ0v) is 13.5. The molecule has 0 aliphatic rings. The van der Waals surface area contributed by atoms with Crippen molar-refractivity contribution in [1.29, 1.82) is 0 Å². The smallest absolute Gasteiger partial charge is 0.222 e. The summed E-state index contributed by atoms with van der Waals surface area (Å²) in [5, 5.41) is 7.04. The van der Waals surface area contributed by atoms with E-state index in [1.54, 1.807) is 6.20 Å². The molecule has 1 amide bonds. The molecule has 6 heteroatoms. The number of benzene rings is 1. The molecule has 0 aliphatic carbocycles. The molecule has 0 radical (unpaired) electrons. The number of nitrogens with zero attached hydrogens (tertiary/aromatic N) is 3. The van der Waals surface area contributed by atoms with Gasteiger partial charge >= 0.3 is 0 Å². The second-order valence-electron chi connectivity index (χ2n) is 5.52. The lowest BCUT2D eigenvalue weighted by atomic mass is 10.1. The van der Waals surface area contributed by atoms with Gasteiger partial charge in [-0.05, 0) is 31.2 Å². The monoisotopic (exact) mass is 321 g/mol. The van der Waals surface area contributed by atoms with E-state index in [0.717, 1.165) is 28.0 Å². The van der Waals surface area contributed by atoms with Crippen molar-refractivity contribution in [1.82, 2.24) is 20.3 Å². The van der Waals surface area contributed by atoms with E-state index in [9.17, 15) is 4.79 Å². The van der Waals surface area contributed by atoms with Crippen molar-refractivity contribution in [3.05, 3.63) is 60.2 Å². The third-order valence-corrected chi connectivity index (χ3v) is 3.63. The van der Waals surface area contributed by atoms with E-state index >= 15 is 0 Å². The van der Waals surface area contributed by atoms with E-state index in [0.29, 0.717) is 19.5 Å². The summed E-state index contributed by atoms with van der Waals surface area (Å²) in [6, 6.07) is 11.7. The maximum absolute atomic E-state index is 11.9. The van der Waals surface area contributed by atoms with Gasteiger partial charge in [0.25, 0.3) is 0 Å². The predicted molar refractivity (Wildman–Crippen MR) is 93.5 cm³/mol. The summed E-state index contributed by atoms with van der Waals surface area (Å²) >= 11 is 0. The molecule has 0 fully saturated rings. The van der Waals surface area contributed by atoms with Crippen molar-refractivity contribution in [2.24, 2.45) is 0 Å². The third-order valence-electron chi connectivity index (χ3n) is 3.63. The maximum atomic E-state index is 11.9. The molecular weight excluding hydrogens is 302 g/mol. The molecule has 1 aromatic carbocycles. The lowest BCUT2D eigenvalue weighted by Crippen LogP contribution is -2.25. The number of pyridine rings is 1. The molecule has 122 valence electrons. The number of hydrogen-bond donors (Lipinski definition) is 2. The molecule has 0 atom stereocenters. The van der Waals surface area contributed by atoms with Crippen LogP contribution < -0.4 is 10.6 Å². The highest BCUT2D eigenvalue weighted by molar-refractivity contribution is 5.89. The van der Waals surface area contributed by atoms with Gasteiger partial charge < -0.3 is 10.6 Å². The van der Waals surface area contributed by atoms with Gasteiger partial charge in [0.1, 0.15) is 12.1 Å². The number of rotatable bonds is 6. The largest absolute Gasteiger partial charge is 0.369 e. The average molecular weight is 321 g/mol. The number of nitrogens with one attached hydrogen (secondary N) is 2. The van der Waals surface area contributed by atoms with Gasteiger partial charge in [-0.25, -0.2) is 9.97 Å². The van der Waals surface area contributed by atoms with Gasteiger partial charge in [0.2, 0.25) is 5.91 Å². The lowest BCUT2D eigenvalue weighted by molar-refractivity contribution is -0.121. The summed E-state index contributed by atoms with van der Waals surface area (Å²) in [5.74, 6) is 0.726. The molecular formula is C18H19N5O. The van der Waals surface area contributed by atoms with E-state index in [-0.39, 0.29) is 5.91 Å². The number of anilines is 1. The van der Waals surface area contributed by atoms with Crippen LogP contribution in [0.25, 0.3) is 10.9 Å². The highest BCUT2D eigenvalue weighted by Crippen LogP contribution is 2.20. The van der Waals surface area contributed by atoms with E-state index in [1.165, 1.54) is 6.33 Å². The van der Waals surface area contributed by atoms with Crippen molar-refractivity contribution in [2.75, 3.05) is 11.9 Å². The fraction of sp³-hybridized carbons (Fsp3) is 0.222. The first-order chi connectivity index (χ1) is 11.7. The van der Waals surface area contributed by atoms with Crippen LogP contribution in [0.1, 0.15) is 17.7 Å². The number of carbonyl (C=O) groups excluding carboxylic acids is 1. The van der Waals surface area contributed by atoms with Crippen LogP contribution in [0.4, 0.5) is 5.82 Å². The summed E-state index contributed by atoms with van der Waals surface area (Å²) in [5.41, 5.74) is 2.88. The molecule has 0 saturated heterocycles. The van der Waals surface area contributed by atoms with Crippen LogP contribution in [0.3, 0.4) is 0 Å². The van der Waals surface area contributed by atoms with E-state index in [4.69, 9.17) is 0 Å². The first kappa shape index (κ1) is 15.9. The number of amides is 1. The highest BCUT2D eigenvalue weighted by atomic mass is 16.1. The Morgan fingerprint density at radius 2 is 2.04 bits per heavy atom. The van der Waals surface area contributed by atoms with Crippen LogP contribution in [-0.4, -0.2) is 27.4 Å². The van der Waals surface area contributed by atoms with Crippen molar-refractivity contribution < 1.29 is 4.79 Å². The Hall–Kier alpha value is -3.02.